The Labute approximate surface area is 183 Å². The second kappa shape index (κ2) is 9.76. The number of anilines is 2. The molecule has 0 aliphatic carbocycles. The minimum atomic E-state index is -0.0282. The smallest absolute Gasteiger partial charge is 0.280 e. The van der Waals surface area contributed by atoms with E-state index in [-0.39, 0.29) is 5.91 Å². The molecular formula is C24H30N5O2+. The number of ether oxygens (including phenoxy) is 1. The van der Waals surface area contributed by atoms with E-state index in [1.54, 1.807) is 4.68 Å². The molecule has 1 atom stereocenters. The van der Waals surface area contributed by atoms with Gasteiger partial charge in [0, 0.05) is 30.4 Å². The first-order chi connectivity index (χ1) is 15.1. The third kappa shape index (κ3) is 5.51. The van der Waals surface area contributed by atoms with Gasteiger partial charge in [-0.3, -0.25) is 4.79 Å². The molecule has 1 aliphatic heterocycles. The first-order valence-electron chi connectivity index (χ1n) is 10.7. The van der Waals surface area contributed by atoms with Crippen LogP contribution in [0, 0.1) is 6.92 Å². The van der Waals surface area contributed by atoms with Gasteiger partial charge in [-0.2, -0.15) is 5.10 Å². The monoisotopic (exact) mass is 420 g/mol. The number of likely N-dealkylation sites (N-methyl/N-ethyl adjacent to an activating group) is 1. The molecule has 0 saturated carbocycles. The highest BCUT2D eigenvalue weighted by Gasteiger charge is 2.16. The summed E-state index contributed by atoms with van der Waals surface area (Å²) in [6, 6.07) is 20.3. The molecule has 1 unspecified atom stereocenters. The lowest BCUT2D eigenvalue weighted by atomic mass is 10.1. The molecule has 1 fully saturated rings. The maximum Gasteiger partial charge on any atom is 0.280 e. The fourth-order valence-electron chi connectivity index (χ4n) is 3.87. The van der Waals surface area contributed by atoms with E-state index in [1.807, 2.05) is 50.4 Å². The Morgan fingerprint density at radius 1 is 1.06 bits per heavy atom. The van der Waals surface area contributed by atoms with E-state index in [4.69, 9.17) is 4.74 Å². The van der Waals surface area contributed by atoms with Gasteiger partial charge in [-0.25, -0.2) is 4.68 Å². The molecule has 0 bridgehead atoms. The molecule has 2 heterocycles. The Morgan fingerprint density at radius 2 is 1.77 bits per heavy atom. The number of hydrogen-bond donors (Lipinski definition) is 2. The van der Waals surface area contributed by atoms with Crippen molar-refractivity contribution < 1.29 is 14.4 Å². The molecule has 4 rings (SSSR count). The molecule has 0 spiro atoms. The number of aryl methyl sites for hydroxylation is 1. The van der Waals surface area contributed by atoms with Crippen LogP contribution in [-0.2, 0) is 16.1 Å². The van der Waals surface area contributed by atoms with E-state index in [0.29, 0.717) is 12.4 Å². The minimum Gasteiger partial charge on any atom is -0.378 e. The van der Waals surface area contributed by atoms with Gasteiger partial charge in [0.2, 0.25) is 0 Å². The standard InChI is InChI=1S/C24H29N5O2/c1-19-16-23(29(26-19)22-6-4-3-5-7-22)25-24(30)18-27(2)17-20-8-10-21(11-9-20)28-12-14-31-15-13-28/h3-11,16H,12-15,17-18H2,1-2H3,(H,25,30)/p+1. The highest BCUT2D eigenvalue weighted by Crippen LogP contribution is 2.17. The lowest BCUT2D eigenvalue weighted by molar-refractivity contribution is -0.885. The number of quaternary nitrogens is 1. The second-order valence-corrected chi connectivity index (χ2v) is 8.04. The number of rotatable bonds is 7. The van der Waals surface area contributed by atoms with Crippen LogP contribution in [0.15, 0.2) is 60.7 Å². The summed E-state index contributed by atoms with van der Waals surface area (Å²) < 4.78 is 7.19. The normalized spacial score (nSPS) is 15.0. The predicted molar refractivity (Wildman–Crippen MR) is 122 cm³/mol. The van der Waals surface area contributed by atoms with Crippen LogP contribution in [0.25, 0.3) is 5.69 Å². The van der Waals surface area contributed by atoms with Gasteiger partial charge < -0.3 is 19.9 Å². The summed E-state index contributed by atoms with van der Waals surface area (Å²) in [5.41, 5.74) is 4.23. The Balaban J connectivity index is 1.33. The van der Waals surface area contributed by atoms with E-state index in [0.717, 1.165) is 49.1 Å². The maximum atomic E-state index is 12.7. The number of nitrogens with one attached hydrogen (secondary N) is 2. The molecule has 162 valence electrons. The van der Waals surface area contributed by atoms with Crippen LogP contribution in [0.4, 0.5) is 11.5 Å². The first-order valence-corrected chi connectivity index (χ1v) is 10.7. The first kappa shape index (κ1) is 21.1. The van der Waals surface area contributed by atoms with Crippen LogP contribution in [-0.4, -0.2) is 55.6 Å². The number of nitrogens with zero attached hydrogens (tertiary/aromatic N) is 3. The summed E-state index contributed by atoms with van der Waals surface area (Å²) in [4.78, 5) is 16.1. The number of morpholine rings is 1. The number of amides is 1. The van der Waals surface area contributed by atoms with Gasteiger partial charge >= 0.3 is 0 Å². The van der Waals surface area contributed by atoms with Crippen molar-refractivity contribution in [1.29, 1.82) is 0 Å². The third-order valence-corrected chi connectivity index (χ3v) is 5.38. The molecule has 31 heavy (non-hydrogen) atoms. The number of para-hydroxylation sites is 1. The molecular weight excluding hydrogens is 390 g/mol. The van der Waals surface area contributed by atoms with Crippen LogP contribution in [0.3, 0.4) is 0 Å². The van der Waals surface area contributed by atoms with Crippen molar-refractivity contribution in [3.63, 3.8) is 0 Å². The number of carbonyl (C=O) groups excluding carboxylic acids is 1. The Hall–Kier alpha value is -3.16. The summed E-state index contributed by atoms with van der Waals surface area (Å²) in [5, 5.41) is 7.53. The largest absolute Gasteiger partial charge is 0.378 e. The summed E-state index contributed by atoms with van der Waals surface area (Å²) in [5.74, 6) is 0.663. The van der Waals surface area contributed by atoms with Gasteiger partial charge in [-0.1, -0.05) is 30.3 Å². The molecule has 2 N–H and O–H groups in total. The highest BCUT2D eigenvalue weighted by atomic mass is 16.5. The van der Waals surface area contributed by atoms with E-state index >= 15 is 0 Å². The summed E-state index contributed by atoms with van der Waals surface area (Å²) in [6.45, 7) is 6.53. The Morgan fingerprint density at radius 3 is 2.48 bits per heavy atom. The maximum absolute atomic E-state index is 12.7. The van der Waals surface area contributed by atoms with Crippen molar-refractivity contribution in [3.05, 3.63) is 71.9 Å². The highest BCUT2D eigenvalue weighted by molar-refractivity contribution is 5.91. The summed E-state index contributed by atoms with van der Waals surface area (Å²) in [6.07, 6.45) is 0. The van der Waals surface area contributed by atoms with Gasteiger partial charge in [0.15, 0.2) is 6.54 Å². The van der Waals surface area contributed by atoms with E-state index in [1.165, 1.54) is 11.3 Å². The van der Waals surface area contributed by atoms with Gasteiger partial charge in [0.25, 0.3) is 5.91 Å². The topological polar surface area (TPSA) is 63.8 Å². The SMILES string of the molecule is Cc1cc(NC(=O)C[NH+](C)Cc2ccc(N3CCOCC3)cc2)n(-c2ccccc2)n1. The third-order valence-electron chi connectivity index (χ3n) is 5.38. The summed E-state index contributed by atoms with van der Waals surface area (Å²) >= 11 is 0. The molecule has 1 aliphatic rings. The predicted octanol–water partition coefficient (Wildman–Crippen LogP) is 1.67. The molecule has 3 aromatic rings. The zero-order valence-corrected chi connectivity index (χ0v) is 18.2. The molecule has 1 aromatic heterocycles. The lowest BCUT2D eigenvalue weighted by Gasteiger charge is -2.29. The number of benzene rings is 2. The zero-order chi connectivity index (χ0) is 21.6. The molecule has 1 saturated heterocycles. The average molecular weight is 421 g/mol. The van der Waals surface area contributed by atoms with Gasteiger partial charge in [0.1, 0.15) is 12.4 Å². The summed E-state index contributed by atoms with van der Waals surface area (Å²) in [7, 11) is 2.04. The van der Waals surface area contributed by atoms with Gasteiger partial charge in [-0.15, -0.1) is 0 Å². The molecule has 7 nitrogen and oxygen atoms in total. The van der Waals surface area contributed by atoms with Crippen molar-refractivity contribution in [3.8, 4) is 5.69 Å². The number of carbonyl (C=O) groups is 1. The van der Waals surface area contributed by atoms with Crippen LogP contribution < -0.4 is 15.1 Å². The Kier molecular flexibility index (Phi) is 6.64. The van der Waals surface area contributed by atoms with E-state index in [9.17, 15) is 4.79 Å². The number of aromatic nitrogens is 2. The molecule has 2 aromatic carbocycles. The second-order valence-electron chi connectivity index (χ2n) is 8.04. The van der Waals surface area contributed by atoms with Gasteiger partial charge in [0.05, 0.1) is 31.6 Å². The Bertz CT molecular complexity index is 995. The molecule has 1 amide bonds. The quantitative estimate of drug-likeness (QED) is 0.610. The van der Waals surface area contributed by atoms with Crippen molar-refractivity contribution in [2.45, 2.75) is 13.5 Å². The fourth-order valence-corrected chi connectivity index (χ4v) is 3.87. The lowest BCUT2D eigenvalue weighted by Crippen LogP contribution is -3.08. The van der Waals surface area contributed by atoms with Crippen LogP contribution >= 0.6 is 0 Å². The molecule has 0 radical (unpaired) electrons. The van der Waals surface area contributed by atoms with Crippen molar-refractivity contribution in [2.75, 3.05) is 50.1 Å². The molecule has 7 heteroatoms. The average Bonchev–Trinajstić information content (AvgIpc) is 3.15. The van der Waals surface area contributed by atoms with Crippen LogP contribution in [0.1, 0.15) is 11.3 Å². The zero-order valence-electron chi connectivity index (χ0n) is 18.2. The van der Waals surface area contributed by atoms with E-state index in [2.05, 4.69) is 39.6 Å². The van der Waals surface area contributed by atoms with Crippen molar-refractivity contribution in [1.82, 2.24) is 9.78 Å². The number of hydrogen-bond acceptors (Lipinski definition) is 4. The van der Waals surface area contributed by atoms with Crippen molar-refractivity contribution >= 4 is 17.4 Å². The minimum absolute atomic E-state index is 0.0282. The van der Waals surface area contributed by atoms with E-state index < -0.39 is 0 Å². The fraction of sp³-hybridized carbons (Fsp3) is 0.333. The van der Waals surface area contributed by atoms with Crippen LogP contribution in [0.2, 0.25) is 0 Å². The van der Waals surface area contributed by atoms with Crippen molar-refractivity contribution in [2.24, 2.45) is 0 Å². The van der Waals surface area contributed by atoms with Crippen LogP contribution in [0.5, 0.6) is 0 Å². The van der Waals surface area contributed by atoms with Gasteiger partial charge in [-0.05, 0) is 31.2 Å².